The van der Waals surface area contributed by atoms with E-state index in [9.17, 15) is 16.8 Å². The fraction of sp³-hybridized carbons (Fsp3) is 0.562. The van der Waals surface area contributed by atoms with E-state index in [0.717, 1.165) is 11.8 Å². The Bertz CT molecular complexity index is 870. The van der Waals surface area contributed by atoms with Gasteiger partial charge >= 0.3 is 19.1 Å². The highest BCUT2D eigenvalue weighted by Crippen LogP contribution is 2.36. The Hall–Kier alpha value is -0.743. The number of halogens is 1. The molecule has 1 aromatic carbocycles. The van der Waals surface area contributed by atoms with Crippen LogP contribution in [0.15, 0.2) is 24.3 Å². The van der Waals surface area contributed by atoms with Gasteiger partial charge in [-0.25, -0.2) is 8.42 Å². The van der Waals surface area contributed by atoms with Gasteiger partial charge in [0, 0.05) is 29.4 Å². The number of rotatable bonds is 7. The van der Waals surface area contributed by atoms with Crippen molar-refractivity contribution in [3.63, 3.8) is 0 Å². The summed E-state index contributed by atoms with van der Waals surface area (Å²) in [7, 11) is -4.60. The molecule has 1 aromatic rings. The standard InChI is InChI=1S/C16H27ClNO5S2Si/c1-16(2,3)26(5,6)23-12-11-14-7-9-15(10-8-14)18(24(4,19)20)13-25(17,21)22/h7-10,13H,11-12H2,1-6H3/q+1. The molecule has 0 aromatic heterocycles. The van der Waals surface area contributed by atoms with Gasteiger partial charge in [0.05, 0.1) is 6.26 Å². The summed E-state index contributed by atoms with van der Waals surface area (Å²) < 4.78 is 52.9. The Morgan fingerprint density at radius 2 is 1.62 bits per heavy atom. The average molecular weight is 441 g/mol. The Kier molecular flexibility index (Phi) is 7.25. The molecule has 0 aliphatic carbocycles. The third-order valence-corrected chi connectivity index (χ3v) is 10.8. The normalized spacial score (nSPS) is 14.5. The maximum atomic E-state index is 11.8. The minimum absolute atomic E-state index is 0.135. The Labute approximate surface area is 162 Å². The summed E-state index contributed by atoms with van der Waals surface area (Å²) in [6, 6.07) is 6.58. The van der Waals surface area contributed by atoms with Crippen molar-refractivity contribution in [2.75, 3.05) is 12.9 Å². The molecular weight excluding hydrogens is 414 g/mol. The summed E-state index contributed by atoms with van der Waals surface area (Å²) in [4.78, 5) is 0. The van der Waals surface area contributed by atoms with Crippen LogP contribution in [0.1, 0.15) is 26.3 Å². The summed E-state index contributed by atoms with van der Waals surface area (Å²) in [6.07, 6.45) is 1.59. The smallest absolute Gasteiger partial charge is 0.367 e. The molecule has 6 nitrogen and oxygen atoms in total. The molecule has 0 radical (unpaired) electrons. The lowest BCUT2D eigenvalue weighted by atomic mass is 10.1. The van der Waals surface area contributed by atoms with E-state index in [4.69, 9.17) is 15.1 Å². The van der Waals surface area contributed by atoms with Crippen LogP contribution in [0.25, 0.3) is 0 Å². The van der Waals surface area contributed by atoms with Crippen molar-refractivity contribution >= 4 is 49.3 Å². The molecule has 0 unspecified atom stereocenters. The lowest BCUT2D eigenvalue weighted by Gasteiger charge is -2.36. The van der Waals surface area contributed by atoms with Gasteiger partial charge in [-0.2, -0.15) is 8.42 Å². The van der Waals surface area contributed by atoms with Crippen molar-refractivity contribution in [2.45, 2.75) is 45.3 Å². The molecule has 0 aliphatic heterocycles. The summed E-state index contributed by atoms with van der Waals surface area (Å²) >= 11 is 0. The Morgan fingerprint density at radius 1 is 1.12 bits per heavy atom. The number of hydrogen-bond donors (Lipinski definition) is 0. The topological polar surface area (TPSA) is 80.5 Å². The van der Waals surface area contributed by atoms with Gasteiger partial charge in [-0.05, 0) is 30.1 Å². The van der Waals surface area contributed by atoms with Crippen LogP contribution in [0, 0.1) is 0 Å². The first-order chi connectivity index (χ1) is 11.5. The molecular formula is C16H27ClNO5S2Si+. The van der Waals surface area contributed by atoms with Crippen molar-refractivity contribution in [2.24, 2.45) is 0 Å². The zero-order chi connectivity index (χ0) is 20.4. The van der Waals surface area contributed by atoms with Gasteiger partial charge in [-0.3, -0.25) is 0 Å². The lowest BCUT2D eigenvalue weighted by Crippen LogP contribution is -2.41. The van der Waals surface area contributed by atoms with Crippen LogP contribution in [0.4, 0.5) is 5.69 Å². The van der Waals surface area contributed by atoms with E-state index in [1.165, 1.54) is 0 Å². The second-order valence-electron chi connectivity index (χ2n) is 7.67. The Balaban J connectivity index is 2.94. The van der Waals surface area contributed by atoms with Crippen LogP contribution in [0.3, 0.4) is 0 Å². The summed E-state index contributed by atoms with van der Waals surface area (Å²) in [6.45, 7) is 11.5. The van der Waals surface area contributed by atoms with Crippen LogP contribution in [-0.2, 0) is 29.9 Å². The van der Waals surface area contributed by atoms with E-state index < -0.39 is 27.4 Å². The molecule has 0 aliphatic rings. The zero-order valence-corrected chi connectivity index (χ0v) is 19.4. The van der Waals surface area contributed by atoms with E-state index in [1.807, 2.05) is 0 Å². The van der Waals surface area contributed by atoms with E-state index in [2.05, 4.69) is 33.9 Å². The highest BCUT2D eigenvalue weighted by Gasteiger charge is 2.36. The minimum Gasteiger partial charge on any atom is -0.416 e. The fourth-order valence-electron chi connectivity index (χ4n) is 1.89. The Morgan fingerprint density at radius 3 is 2.00 bits per heavy atom. The van der Waals surface area contributed by atoms with Crippen LogP contribution in [0.2, 0.25) is 18.1 Å². The highest BCUT2D eigenvalue weighted by atomic mass is 35.7. The van der Waals surface area contributed by atoms with Gasteiger partial charge in [0.15, 0.2) is 8.32 Å². The monoisotopic (exact) mass is 440 g/mol. The van der Waals surface area contributed by atoms with Crippen molar-refractivity contribution in [1.29, 1.82) is 0 Å². The first-order valence-corrected chi connectivity index (χ1v) is 15.2. The van der Waals surface area contributed by atoms with Gasteiger partial charge in [0.2, 0.25) is 5.69 Å². The largest absolute Gasteiger partial charge is 0.416 e. The van der Waals surface area contributed by atoms with Gasteiger partial charge in [0.25, 0.3) is 5.55 Å². The van der Waals surface area contributed by atoms with Crippen LogP contribution in [0.5, 0.6) is 0 Å². The number of benzene rings is 1. The molecule has 0 heterocycles. The molecule has 0 fully saturated rings. The number of nitrogens with zero attached hydrogens (tertiary/aromatic N) is 1. The van der Waals surface area contributed by atoms with Gasteiger partial charge in [-0.15, -0.1) is 0 Å². The van der Waals surface area contributed by atoms with Crippen LogP contribution < -0.4 is 0 Å². The van der Waals surface area contributed by atoms with E-state index >= 15 is 0 Å². The van der Waals surface area contributed by atoms with Crippen molar-refractivity contribution in [3.8, 4) is 0 Å². The SMILES string of the molecule is CC(C)(C)[Si](C)(C)OCCc1ccc([N+](=CS(=O)(=O)Cl)S(C)(=O)=O)cc1. The van der Waals surface area contributed by atoms with Gasteiger partial charge < -0.3 is 4.43 Å². The first-order valence-electron chi connectivity index (χ1n) is 8.05. The van der Waals surface area contributed by atoms with Crippen LogP contribution >= 0.6 is 10.7 Å². The second-order valence-corrected chi connectivity index (χ2v) is 16.8. The summed E-state index contributed by atoms with van der Waals surface area (Å²) in [5.74, 6) is 0. The molecule has 10 heteroatoms. The predicted molar refractivity (Wildman–Crippen MR) is 109 cm³/mol. The van der Waals surface area contributed by atoms with Crippen molar-refractivity contribution < 1.29 is 25.2 Å². The molecule has 1 rings (SSSR count). The summed E-state index contributed by atoms with van der Waals surface area (Å²) in [5, 5.41) is 0.135. The number of sulfonamides is 1. The molecule has 26 heavy (non-hydrogen) atoms. The highest BCUT2D eigenvalue weighted by molar-refractivity contribution is 8.24. The van der Waals surface area contributed by atoms with E-state index in [1.54, 1.807) is 24.3 Å². The molecule has 0 atom stereocenters. The average Bonchev–Trinajstić information content (AvgIpc) is 2.42. The maximum absolute atomic E-state index is 11.8. The van der Waals surface area contributed by atoms with E-state index in [-0.39, 0.29) is 10.7 Å². The molecule has 0 spiro atoms. The molecule has 148 valence electrons. The van der Waals surface area contributed by atoms with Crippen molar-refractivity contribution in [3.05, 3.63) is 29.8 Å². The maximum Gasteiger partial charge on any atom is 0.367 e. The molecule has 0 bridgehead atoms. The fourth-order valence-corrected chi connectivity index (χ4v) is 5.14. The molecule has 0 saturated carbocycles. The molecule has 0 amide bonds. The third kappa shape index (κ3) is 7.11. The molecule has 0 saturated heterocycles. The third-order valence-electron chi connectivity index (χ3n) is 4.43. The van der Waals surface area contributed by atoms with Crippen molar-refractivity contribution in [1.82, 2.24) is 0 Å². The quantitative estimate of drug-likeness (QED) is 0.213. The first kappa shape index (κ1) is 23.3. The number of hydrogen-bond acceptors (Lipinski definition) is 5. The molecule has 0 N–H and O–H groups in total. The zero-order valence-electron chi connectivity index (χ0n) is 16.0. The summed E-state index contributed by atoms with van der Waals surface area (Å²) in [5.41, 5.74) is 1.65. The van der Waals surface area contributed by atoms with Crippen LogP contribution in [-0.4, -0.2) is 47.5 Å². The minimum atomic E-state index is -4.13. The lowest BCUT2D eigenvalue weighted by molar-refractivity contribution is -0.250. The van der Waals surface area contributed by atoms with E-state index in [0.29, 0.717) is 22.6 Å². The second kappa shape index (κ2) is 8.10. The van der Waals surface area contributed by atoms with Gasteiger partial charge in [-0.1, -0.05) is 36.9 Å². The van der Waals surface area contributed by atoms with Gasteiger partial charge in [0.1, 0.15) is 0 Å². The predicted octanol–water partition coefficient (Wildman–Crippen LogP) is 3.45.